The van der Waals surface area contributed by atoms with E-state index < -0.39 is 0 Å². The van der Waals surface area contributed by atoms with Crippen LogP contribution in [0.1, 0.15) is 11.1 Å². The molecule has 0 fully saturated rings. The van der Waals surface area contributed by atoms with Gasteiger partial charge in [0.05, 0.1) is 11.6 Å². The lowest BCUT2D eigenvalue weighted by molar-refractivity contribution is 1.09. The number of benzene rings is 1. The van der Waals surface area contributed by atoms with Crippen LogP contribution in [0.2, 0.25) is 0 Å². The summed E-state index contributed by atoms with van der Waals surface area (Å²) in [6.07, 6.45) is 1.68. The van der Waals surface area contributed by atoms with E-state index in [0.29, 0.717) is 11.5 Å². The molecular weight excluding hydrogens is 240 g/mol. The number of aryl methyl sites for hydroxylation is 1. The van der Waals surface area contributed by atoms with E-state index in [9.17, 15) is 0 Å². The maximum atomic E-state index is 5.70. The molecule has 6 nitrogen and oxygen atoms in total. The van der Waals surface area contributed by atoms with Crippen LogP contribution >= 0.6 is 0 Å². The number of fused-ring (bicyclic) bond motifs is 1. The molecule has 0 saturated heterocycles. The smallest absolute Gasteiger partial charge is 0.224 e. The number of aromatic nitrogens is 4. The average molecular weight is 254 g/mol. The van der Waals surface area contributed by atoms with Gasteiger partial charge in [-0.15, -0.1) is 0 Å². The van der Waals surface area contributed by atoms with Crippen LogP contribution in [0.3, 0.4) is 0 Å². The van der Waals surface area contributed by atoms with Crippen molar-refractivity contribution in [3.63, 3.8) is 0 Å². The Morgan fingerprint density at radius 3 is 2.89 bits per heavy atom. The third kappa shape index (κ3) is 1.97. The van der Waals surface area contributed by atoms with Gasteiger partial charge in [0.2, 0.25) is 5.95 Å². The molecule has 2 aromatic heterocycles. The van der Waals surface area contributed by atoms with Crippen LogP contribution in [0.25, 0.3) is 11.0 Å². The Morgan fingerprint density at radius 1 is 1.21 bits per heavy atom. The Hall–Kier alpha value is -2.63. The van der Waals surface area contributed by atoms with Crippen LogP contribution in [0.4, 0.5) is 17.5 Å². The minimum absolute atomic E-state index is 0.213. The number of aromatic amines is 1. The Bertz CT molecular complexity index is 746. The number of rotatable bonds is 2. The second-order valence-corrected chi connectivity index (χ2v) is 4.44. The summed E-state index contributed by atoms with van der Waals surface area (Å²) < 4.78 is 0. The summed E-state index contributed by atoms with van der Waals surface area (Å²) in [5, 5.41) is 10.9. The second-order valence-electron chi connectivity index (χ2n) is 4.44. The van der Waals surface area contributed by atoms with Crippen LogP contribution in [-0.4, -0.2) is 20.2 Å². The zero-order valence-corrected chi connectivity index (χ0v) is 10.7. The standard InChI is InChI=1S/C13H14N6/c1-7-4-3-5-10(8(7)2)16-11-9-6-15-19-12(9)18-13(14)17-11/h3-6H,1-2H3,(H4,14,15,16,17,18,19). The number of anilines is 3. The van der Waals surface area contributed by atoms with E-state index in [-0.39, 0.29) is 5.95 Å². The lowest BCUT2D eigenvalue weighted by Gasteiger charge is -2.11. The highest BCUT2D eigenvalue weighted by molar-refractivity contribution is 5.89. The number of hydrogen-bond acceptors (Lipinski definition) is 5. The molecule has 0 atom stereocenters. The number of nitrogen functional groups attached to an aromatic ring is 1. The Labute approximate surface area is 110 Å². The van der Waals surface area contributed by atoms with Crippen LogP contribution in [0, 0.1) is 13.8 Å². The van der Waals surface area contributed by atoms with Gasteiger partial charge in [-0.3, -0.25) is 5.10 Å². The molecule has 1 aromatic carbocycles. The van der Waals surface area contributed by atoms with E-state index in [1.54, 1.807) is 6.20 Å². The molecule has 19 heavy (non-hydrogen) atoms. The van der Waals surface area contributed by atoms with Crippen molar-refractivity contribution in [2.75, 3.05) is 11.1 Å². The number of H-pyrrole nitrogens is 1. The van der Waals surface area contributed by atoms with Crippen molar-refractivity contribution in [3.05, 3.63) is 35.5 Å². The monoisotopic (exact) mass is 254 g/mol. The fraction of sp³-hybridized carbons (Fsp3) is 0.154. The maximum Gasteiger partial charge on any atom is 0.224 e. The first-order valence-electron chi connectivity index (χ1n) is 5.95. The van der Waals surface area contributed by atoms with Gasteiger partial charge in [0, 0.05) is 5.69 Å². The first-order valence-corrected chi connectivity index (χ1v) is 5.95. The normalized spacial score (nSPS) is 10.8. The predicted octanol–water partition coefficient (Wildman–Crippen LogP) is 2.30. The highest BCUT2D eigenvalue weighted by atomic mass is 15.2. The predicted molar refractivity (Wildman–Crippen MR) is 75.3 cm³/mol. The zero-order valence-electron chi connectivity index (χ0n) is 10.7. The van der Waals surface area contributed by atoms with Crippen molar-refractivity contribution >= 4 is 28.5 Å². The van der Waals surface area contributed by atoms with Crippen LogP contribution < -0.4 is 11.1 Å². The summed E-state index contributed by atoms with van der Waals surface area (Å²) in [6, 6.07) is 6.08. The summed E-state index contributed by atoms with van der Waals surface area (Å²) >= 11 is 0. The van der Waals surface area contributed by atoms with Gasteiger partial charge in [-0.05, 0) is 31.0 Å². The van der Waals surface area contributed by atoms with E-state index >= 15 is 0 Å². The molecule has 0 saturated carbocycles. The van der Waals surface area contributed by atoms with Crippen molar-refractivity contribution < 1.29 is 0 Å². The minimum atomic E-state index is 0.213. The molecule has 0 aliphatic heterocycles. The number of nitrogens with zero attached hydrogens (tertiary/aromatic N) is 3. The summed E-state index contributed by atoms with van der Waals surface area (Å²) in [6.45, 7) is 4.14. The van der Waals surface area contributed by atoms with Crippen molar-refractivity contribution in [2.45, 2.75) is 13.8 Å². The molecular formula is C13H14N6. The van der Waals surface area contributed by atoms with Crippen molar-refractivity contribution in [2.24, 2.45) is 0 Å². The molecule has 0 aliphatic carbocycles. The fourth-order valence-corrected chi connectivity index (χ4v) is 1.96. The summed E-state index contributed by atoms with van der Waals surface area (Å²) in [7, 11) is 0. The molecule has 0 aliphatic rings. The quantitative estimate of drug-likeness (QED) is 0.652. The number of nitrogens with two attached hydrogens (primary N) is 1. The van der Waals surface area contributed by atoms with Gasteiger partial charge in [-0.2, -0.15) is 15.1 Å². The Morgan fingerprint density at radius 2 is 2.05 bits per heavy atom. The van der Waals surface area contributed by atoms with Gasteiger partial charge < -0.3 is 11.1 Å². The second kappa shape index (κ2) is 4.24. The molecule has 0 radical (unpaired) electrons. The highest BCUT2D eigenvalue weighted by Crippen LogP contribution is 2.26. The first kappa shape index (κ1) is 11.5. The maximum absolute atomic E-state index is 5.70. The fourth-order valence-electron chi connectivity index (χ4n) is 1.96. The topological polar surface area (TPSA) is 92.5 Å². The SMILES string of the molecule is Cc1cccc(Nc2nc(N)nc3[nH]ncc23)c1C. The van der Waals surface area contributed by atoms with E-state index in [0.717, 1.165) is 11.1 Å². The molecule has 0 unspecified atom stereocenters. The Kier molecular flexibility index (Phi) is 2.56. The van der Waals surface area contributed by atoms with Crippen LogP contribution in [0.15, 0.2) is 24.4 Å². The highest BCUT2D eigenvalue weighted by Gasteiger charge is 2.09. The third-order valence-corrected chi connectivity index (χ3v) is 3.18. The summed E-state index contributed by atoms with van der Waals surface area (Å²) in [4.78, 5) is 8.32. The number of nitrogens with one attached hydrogen (secondary N) is 2. The van der Waals surface area contributed by atoms with Gasteiger partial charge >= 0.3 is 0 Å². The van der Waals surface area contributed by atoms with Gasteiger partial charge in [-0.25, -0.2) is 0 Å². The van der Waals surface area contributed by atoms with E-state index in [1.165, 1.54) is 11.1 Å². The molecule has 0 spiro atoms. The minimum Gasteiger partial charge on any atom is -0.368 e. The lowest BCUT2D eigenvalue weighted by Crippen LogP contribution is -2.02. The molecule has 3 aromatic rings. The van der Waals surface area contributed by atoms with Crippen molar-refractivity contribution in [1.29, 1.82) is 0 Å². The summed E-state index contributed by atoms with van der Waals surface area (Å²) in [5.41, 5.74) is 9.72. The molecule has 2 heterocycles. The van der Waals surface area contributed by atoms with Crippen LogP contribution in [-0.2, 0) is 0 Å². The molecule has 0 bridgehead atoms. The molecule has 96 valence electrons. The van der Waals surface area contributed by atoms with Crippen LogP contribution in [0.5, 0.6) is 0 Å². The zero-order chi connectivity index (χ0) is 13.4. The van der Waals surface area contributed by atoms with Crippen molar-refractivity contribution in [3.8, 4) is 0 Å². The van der Waals surface area contributed by atoms with E-state index in [1.807, 2.05) is 12.1 Å². The van der Waals surface area contributed by atoms with E-state index in [2.05, 4.69) is 45.4 Å². The van der Waals surface area contributed by atoms with Gasteiger partial charge in [0.25, 0.3) is 0 Å². The third-order valence-electron chi connectivity index (χ3n) is 3.18. The largest absolute Gasteiger partial charge is 0.368 e. The first-order chi connectivity index (χ1) is 9.15. The molecule has 3 rings (SSSR count). The lowest BCUT2D eigenvalue weighted by atomic mass is 10.1. The van der Waals surface area contributed by atoms with Gasteiger partial charge in [-0.1, -0.05) is 12.1 Å². The van der Waals surface area contributed by atoms with E-state index in [4.69, 9.17) is 5.73 Å². The van der Waals surface area contributed by atoms with Gasteiger partial charge in [0.1, 0.15) is 5.82 Å². The average Bonchev–Trinajstić information content (AvgIpc) is 2.83. The van der Waals surface area contributed by atoms with Gasteiger partial charge in [0.15, 0.2) is 5.65 Å². The van der Waals surface area contributed by atoms with Crippen molar-refractivity contribution in [1.82, 2.24) is 20.2 Å². The molecule has 4 N–H and O–H groups in total. The number of hydrogen-bond donors (Lipinski definition) is 3. The summed E-state index contributed by atoms with van der Waals surface area (Å²) in [5.74, 6) is 0.870. The Balaban J connectivity index is 2.10. The molecule has 6 heteroatoms. The molecule has 0 amide bonds.